The lowest BCUT2D eigenvalue weighted by Crippen LogP contribution is -2.18. The minimum atomic E-state index is -4.78. The summed E-state index contributed by atoms with van der Waals surface area (Å²) in [5.41, 5.74) is -1.14. The van der Waals surface area contributed by atoms with Gasteiger partial charge in [-0.3, -0.25) is 9.59 Å². The van der Waals surface area contributed by atoms with Gasteiger partial charge in [-0.25, -0.2) is 9.37 Å². The molecular formula is C22H19F4N3O2S. The van der Waals surface area contributed by atoms with Crippen LogP contribution in [0.2, 0.25) is 0 Å². The van der Waals surface area contributed by atoms with Crippen LogP contribution in [0.25, 0.3) is 0 Å². The molecule has 32 heavy (non-hydrogen) atoms. The summed E-state index contributed by atoms with van der Waals surface area (Å²) in [5, 5.41) is 5.39. The molecule has 0 saturated heterocycles. The number of carbonyl (C=O) groups excluding carboxylic acids is 2. The van der Waals surface area contributed by atoms with Crippen LogP contribution in [0.4, 0.5) is 28.9 Å². The minimum Gasteiger partial charge on any atom is -0.322 e. The Labute approximate surface area is 185 Å². The number of aromatic nitrogens is 1. The monoisotopic (exact) mass is 465 g/mol. The van der Waals surface area contributed by atoms with Crippen LogP contribution in [0.1, 0.15) is 49.6 Å². The van der Waals surface area contributed by atoms with E-state index in [0.29, 0.717) is 12.1 Å². The number of anilines is 2. The fraction of sp³-hybridized carbons (Fsp3) is 0.227. The minimum absolute atomic E-state index is 0.0842. The van der Waals surface area contributed by atoms with E-state index in [1.54, 1.807) is 6.92 Å². The van der Waals surface area contributed by atoms with E-state index in [1.807, 2.05) is 6.92 Å². The molecule has 2 aromatic carbocycles. The zero-order valence-corrected chi connectivity index (χ0v) is 18.0. The van der Waals surface area contributed by atoms with Crippen LogP contribution in [0, 0.1) is 12.7 Å². The molecule has 3 rings (SSSR count). The van der Waals surface area contributed by atoms with Crippen LogP contribution in [0.15, 0.2) is 42.5 Å². The van der Waals surface area contributed by atoms with Gasteiger partial charge in [0, 0.05) is 11.3 Å². The molecule has 0 aliphatic rings. The first-order chi connectivity index (χ1) is 15.1. The van der Waals surface area contributed by atoms with Crippen LogP contribution in [-0.4, -0.2) is 16.8 Å². The van der Waals surface area contributed by atoms with Gasteiger partial charge in [0.2, 0.25) is 0 Å². The Morgan fingerprint density at radius 3 is 2.34 bits per heavy atom. The van der Waals surface area contributed by atoms with Gasteiger partial charge in [0.05, 0.1) is 22.0 Å². The molecule has 2 amide bonds. The number of aryl methyl sites for hydroxylation is 2. The number of halogens is 4. The summed E-state index contributed by atoms with van der Waals surface area (Å²) < 4.78 is 54.0. The van der Waals surface area contributed by atoms with Gasteiger partial charge in [-0.2, -0.15) is 13.2 Å². The van der Waals surface area contributed by atoms with Crippen LogP contribution in [-0.2, 0) is 12.6 Å². The number of amides is 2. The van der Waals surface area contributed by atoms with Gasteiger partial charge in [-0.05, 0) is 62.2 Å². The van der Waals surface area contributed by atoms with Crippen molar-refractivity contribution in [1.82, 2.24) is 4.98 Å². The maximum atomic E-state index is 13.7. The number of carbonyl (C=O) groups is 2. The quantitative estimate of drug-likeness (QED) is 0.434. The number of rotatable bonds is 6. The number of benzene rings is 2. The van der Waals surface area contributed by atoms with Crippen LogP contribution < -0.4 is 10.6 Å². The molecule has 1 heterocycles. The van der Waals surface area contributed by atoms with Gasteiger partial charge >= 0.3 is 6.18 Å². The molecule has 0 aliphatic heterocycles. The Kier molecular flexibility index (Phi) is 6.93. The third kappa shape index (κ3) is 5.50. The lowest BCUT2D eigenvalue weighted by Gasteiger charge is -2.16. The fourth-order valence-electron chi connectivity index (χ4n) is 2.93. The summed E-state index contributed by atoms with van der Waals surface area (Å²) in [5.74, 6) is -1.92. The summed E-state index contributed by atoms with van der Waals surface area (Å²) >= 11 is 1.15. The second kappa shape index (κ2) is 9.47. The van der Waals surface area contributed by atoms with Crippen molar-refractivity contribution in [2.24, 2.45) is 0 Å². The highest BCUT2D eigenvalue weighted by Gasteiger charge is 2.35. The second-order valence-electron chi connectivity index (χ2n) is 6.95. The maximum Gasteiger partial charge on any atom is 0.418 e. The average Bonchev–Trinajstić information content (AvgIpc) is 3.09. The summed E-state index contributed by atoms with van der Waals surface area (Å²) in [6, 6.07) is 7.63. The van der Waals surface area contributed by atoms with Gasteiger partial charge in [0.1, 0.15) is 10.7 Å². The maximum absolute atomic E-state index is 13.7. The molecule has 0 saturated carbocycles. The van der Waals surface area contributed by atoms with Crippen LogP contribution in [0.5, 0.6) is 0 Å². The fourth-order valence-corrected chi connectivity index (χ4v) is 3.99. The van der Waals surface area contributed by atoms with Crippen molar-refractivity contribution < 1.29 is 27.2 Å². The molecule has 0 spiro atoms. The molecule has 2 N–H and O–H groups in total. The van der Waals surface area contributed by atoms with E-state index in [1.165, 1.54) is 18.2 Å². The Bertz CT molecular complexity index is 1140. The summed E-state index contributed by atoms with van der Waals surface area (Å²) in [4.78, 5) is 29.4. The van der Waals surface area contributed by atoms with Crippen molar-refractivity contribution in [3.8, 4) is 0 Å². The van der Waals surface area contributed by atoms with E-state index in [2.05, 4.69) is 15.6 Å². The first kappa shape index (κ1) is 23.4. The third-order valence-electron chi connectivity index (χ3n) is 4.45. The molecule has 0 bridgehead atoms. The number of hydrogen-bond acceptors (Lipinski definition) is 4. The predicted octanol–water partition coefficient (Wildman–Crippen LogP) is 6.07. The zero-order chi connectivity index (χ0) is 23.5. The zero-order valence-electron chi connectivity index (χ0n) is 17.1. The normalized spacial score (nSPS) is 11.3. The molecule has 10 heteroatoms. The topological polar surface area (TPSA) is 71.1 Å². The van der Waals surface area contributed by atoms with E-state index in [4.69, 9.17) is 0 Å². The number of nitrogens with zero attached hydrogens (tertiary/aromatic N) is 1. The lowest BCUT2D eigenvalue weighted by molar-refractivity contribution is -0.136. The van der Waals surface area contributed by atoms with Gasteiger partial charge in [-0.1, -0.05) is 6.92 Å². The summed E-state index contributed by atoms with van der Waals surface area (Å²) in [6.07, 6.45) is -3.28. The smallest absolute Gasteiger partial charge is 0.322 e. The number of thiazole rings is 1. The van der Waals surface area contributed by atoms with E-state index >= 15 is 0 Å². The molecule has 0 unspecified atom stereocenters. The Morgan fingerprint density at radius 1 is 1.03 bits per heavy atom. The molecule has 1 aromatic heterocycles. The molecule has 0 aliphatic carbocycles. The van der Waals surface area contributed by atoms with Crippen LogP contribution in [0.3, 0.4) is 0 Å². The van der Waals surface area contributed by atoms with Crippen molar-refractivity contribution in [3.63, 3.8) is 0 Å². The molecule has 0 atom stereocenters. The molecule has 5 nitrogen and oxygen atoms in total. The molecule has 0 fully saturated rings. The summed E-state index contributed by atoms with van der Waals surface area (Å²) in [7, 11) is 0. The molecule has 3 aromatic rings. The van der Waals surface area contributed by atoms with E-state index in [0.717, 1.165) is 47.0 Å². The van der Waals surface area contributed by atoms with Gasteiger partial charge < -0.3 is 10.6 Å². The predicted molar refractivity (Wildman–Crippen MR) is 115 cm³/mol. The second-order valence-corrected chi connectivity index (χ2v) is 8.03. The van der Waals surface area contributed by atoms with Crippen LogP contribution >= 0.6 is 11.3 Å². The van der Waals surface area contributed by atoms with E-state index in [9.17, 15) is 27.2 Å². The van der Waals surface area contributed by atoms with Gasteiger partial charge in [0.25, 0.3) is 11.8 Å². The number of alkyl halides is 3. The largest absolute Gasteiger partial charge is 0.418 e. The summed E-state index contributed by atoms with van der Waals surface area (Å²) in [6.45, 7) is 3.59. The Balaban J connectivity index is 1.84. The van der Waals surface area contributed by atoms with Crippen molar-refractivity contribution in [2.45, 2.75) is 32.9 Å². The first-order valence-electron chi connectivity index (χ1n) is 9.64. The van der Waals surface area contributed by atoms with Crippen molar-refractivity contribution in [3.05, 3.63) is 75.0 Å². The lowest BCUT2D eigenvalue weighted by atomic mass is 10.1. The number of hydrogen-bond donors (Lipinski definition) is 2. The Hall–Kier alpha value is -3.27. The van der Waals surface area contributed by atoms with Crippen molar-refractivity contribution in [1.29, 1.82) is 0 Å². The Morgan fingerprint density at radius 2 is 1.72 bits per heavy atom. The number of nitrogens with one attached hydrogen (secondary N) is 2. The van der Waals surface area contributed by atoms with E-state index < -0.39 is 35.1 Å². The van der Waals surface area contributed by atoms with Crippen molar-refractivity contribution >= 4 is 34.5 Å². The molecular weight excluding hydrogens is 446 g/mol. The highest BCUT2D eigenvalue weighted by atomic mass is 32.1. The third-order valence-corrected chi connectivity index (χ3v) is 5.66. The highest BCUT2D eigenvalue weighted by Crippen LogP contribution is 2.37. The highest BCUT2D eigenvalue weighted by molar-refractivity contribution is 7.13. The average molecular weight is 465 g/mol. The molecule has 168 valence electrons. The first-order valence-corrected chi connectivity index (χ1v) is 10.5. The van der Waals surface area contributed by atoms with Crippen molar-refractivity contribution in [2.75, 3.05) is 10.6 Å². The standard InChI is InChI=1S/C22H19F4N3O2S/c1-3-4-18-27-12(2)19(32-18)21(31)29-17-10-9-15(11-16(17)22(24,25)26)28-20(30)13-5-7-14(23)8-6-13/h5-11H,3-4H2,1-2H3,(H,28,30)(H,29,31). The SMILES string of the molecule is CCCc1nc(C)c(C(=O)Nc2ccc(NC(=O)c3ccc(F)cc3)cc2C(F)(F)F)s1. The van der Waals surface area contributed by atoms with Gasteiger partial charge in [-0.15, -0.1) is 11.3 Å². The van der Waals surface area contributed by atoms with Gasteiger partial charge in [0.15, 0.2) is 0 Å². The molecule has 0 radical (unpaired) electrons. The van der Waals surface area contributed by atoms with E-state index in [-0.39, 0.29) is 16.1 Å².